The zero-order valence-corrected chi connectivity index (χ0v) is 11.9. The van der Waals surface area contributed by atoms with Crippen LogP contribution < -0.4 is 11.1 Å². The summed E-state index contributed by atoms with van der Waals surface area (Å²) < 4.78 is 0. The molecule has 0 saturated heterocycles. The van der Waals surface area contributed by atoms with Crippen LogP contribution in [0.2, 0.25) is 0 Å². The Hall–Kier alpha value is -2.29. The highest BCUT2D eigenvalue weighted by molar-refractivity contribution is 5.78. The second kappa shape index (κ2) is 6.24. The highest BCUT2D eigenvalue weighted by Gasteiger charge is 2.05. The summed E-state index contributed by atoms with van der Waals surface area (Å²) in [5, 5.41) is 2.90. The lowest BCUT2D eigenvalue weighted by atomic mass is 10.0. The van der Waals surface area contributed by atoms with Gasteiger partial charge in [-0.05, 0) is 42.2 Å². The summed E-state index contributed by atoms with van der Waals surface area (Å²) in [6.45, 7) is 4.59. The fourth-order valence-corrected chi connectivity index (χ4v) is 2.05. The van der Waals surface area contributed by atoms with Crippen LogP contribution >= 0.6 is 0 Å². The average molecular weight is 268 g/mol. The number of nitrogens with two attached hydrogens (primary N) is 1. The summed E-state index contributed by atoms with van der Waals surface area (Å²) in [5.74, 6) is 0.0107. The molecule has 3 heteroatoms. The van der Waals surface area contributed by atoms with Crippen molar-refractivity contribution in [3.63, 3.8) is 0 Å². The second-order valence-corrected chi connectivity index (χ2v) is 5.07. The molecule has 0 fully saturated rings. The Labute approximate surface area is 119 Å². The van der Waals surface area contributed by atoms with Gasteiger partial charge in [0.05, 0.1) is 6.42 Å². The third-order valence-corrected chi connectivity index (χ3v) is 3.47. The minimum Gasteiger partial charge on any atom is -0.398 e. The van der Waals surface area contributed by atoms with Crippen LogP contribution in [0.15, 0.2) is 42.5 Å². The molecule has 2 aromatic carbocycles. The van der Waals surface area contributed by atoms with Gasteiger partial charge in [0.25, 0.3) is 0 Å². The monoisotopic (exact) mass is 268 g/mol. The zero-order valence-electron chi connectivity index (χ0n) is 11.9. The first-order valence-electron chi connectivity index (χ1n) is 6.72. The molecule has 0 aliphatic carbocycles. The Balaban J connectivity index is 1.93. The van der Waals surface area contributed by atoms with Crippen molar-refractivity contribution in [2.75, 3.05) is 5.73 Å². The van der Waals surface area contributed by atoms with Crippen molar-refractivity contribution in [2.24, 2.45) is 0 Å². The van der Waals surface area contributed by atoms with Crippen molar-refractivity contribution < 1.29 is 4.79 Å². The lowest BCUT2D eigenvalue weighted by Gasteiger charge is -2.08. The van der Waals surface area contributed by atoms with E-state index in [9.17, 15) is 4.79 Å². The molecule has 0 saturated carbocycles. The Morgan fingerprint density at radius 1 is 1.10 bits per heavy atom. The molecule has 1 amide bonds. The van der Waals surface area contributed by atoms with E-state index in [1.165, 1.54) is 11.1 Å². The summed E-state index contributed by atoms with van der Waals surface area (Å²) in [7, 11) is 0. The van der Waals surface area contributed by atoms with Crippen LogP contribution in [0.1, 0.15) is 22.3 Å². The highest BCUT2D eigenvalue weighted by atomic mass is 16.1. The molecule has 3 nitrogen and oxygen atoms in total. The van der Waals surface area contributed by atoms with Gasteiger partial charge in [-0.15, -0.1) is 0 Å². The summed E-state index contributed by atoms with van der Waals surface area (Å²) in [6, 6.07) is 13.7. The largest absolute Gasteiger partial charge is 0.398 e. The molecule has 0 radical (unpaired) electrons. The summed E-state index contributed by atoms with van der Waals surface area (Å²) >= 11 is 0. The molecule has 0 unspecified atom stereocenters. The van der Waals surface area contributed by atoms with E-state index in [0.29, 0.717) is 18.7 Å². The quantitative estimate of drug-likeness (QED) is 0.838. The molecule has 0 aliphatic heterocycles. The van der Waals surface area contributed by atoms with Crippen LogP contribution in [0.4, 0.5) is 5.69 Å². The second-order valence-electron chi connectivity index (χ2n) is 5.07. The molecule has 104 valence electrons. The first kappa shape index (κ1) is 14.1. The van der Waals surface area contributed by atoms with Crippen LogP contribution in [0.25, 0.3) is 0 Å². The maximum absolute atomic E-state index is 11.9. The van der Waals surface area contributed by atoms with Crippen molar-refractivity contribution in [3.8, 4) is 0 Å². The third-order valence-electron chi connectivity index (χ3n) is 3.47. The number of rotatable bonds is 4. The number of nitrogens with one attached hydrogen (secondary N) is 1. The van der Waals surface area contributed by atoms with E-state index in [1.54, 1.807) is 0 Å². The number of anilines is 1. The maximum Gasteiger partial charge on any atom is 0.224 e. The Morgan fingerprint density at radius 2 is 1.85 bits per heavy atom. The van der Waals surface area contributed by atoms with Crippen molar-refractivity contribution >= 4 is 11.6 Å². The van der Waals surface area contributed by atoms with Gasteiger partial charge in [0.1, 0.15) is 0 Å². The first-order valence-corrected chi connectivity index (χ1v) is 6.72. The smallest absolute Gasteiger partial charge is 0.224 e. The Bertz CT molecular complexity index is 620. The molecular weight excluding hydrogens is 248 g/mol. The van der Waals surface area contributed by atoms with Crippen molar-refractivity contribution in [1.82, 2.24) is 5.32 Å². The van der Waals surface area contributed by atoms with Gasteiger partial charge < -0.3 is 11.1 Å². The molecule has 2 aromatic rings. The van der Waals surface area contributed by atoms with Crippen LogP contribution in [-0.2, 0) is 17.8 Å². The van der Waals surface area contributed by atoms with Crippen LogP contribution in [0, 0.1) is 13.8 Å². The number of carbonyl (C=O) groups excluding carboxylic acids is 1. The standard InChI is InChI=1S/C17H20N2O/c1-12-7-8-14(9-13(12)2)10-17(20)19-11-15-5-3-4-6-16(15)18/h3-9H,10-11,18H2,1-2H3,(H,19,20). The zero-order chi connectivity index (χ0) is 14.5. The number of benzene rings is 2. The SMILES string of the molecule is Cc1ccc(CC(=O)NCc2ccccc2N)cc1C. The molecule has 0 spiro atoms. The predicted octanol–water partition coefficient (Wildman–Crippen LogP) is 2.74. The van der Waals surface area contributed by atoms with Gasteiger partial charge in [-0.2, -0.15) is 0 Å². The molecule has 0 aliphatic rings. The van der Waals surface area contributed by atoms with Crippen LogP contribution in [0.3, 0.4) is 0 Å². The number of carbonyl (C=O) groups is 1. The number of hydrogen-bond donors (Lipinski definition) is 2. The van der Waals surface area contributed by atoms with Gasteiger partial charge in [-0.3, -0.25) is 4.79 Å². The van der Waals surface area contributed by atoms with Gasteiger partial charge in [-0.1, -0.05) is 36.4 Å². The van der Waals surface area contributed by atoms with E-state index < -0.39 is 0 Å². The Morgan fingerprint density at radius 3 is 2.55 bits per heavy atom. The van der Waals surface area contributed by atoms with Gasteiger partial charge in [0.2, 0.25) is 5.91 Å². The average Bonchev–Trinajstić information content (AvgIpc) is 2.42. The number of nitrogen functional groups attached to an aromatic ring is 1. The number of aryl methyl sites for hydroxylation is 2. The number of amides is 1. The van der Waals surface area contributed by atoms with E-state index in [4.69, 9.17) is 5.73 Å². The molecule has 20 heavy (non-hydrogen) atoms. The molecule has 0 bridgehead atoms. The fourth-order valence-electron chi connectivity index (χ4n) is 2.05. The number of hydrogen-bond acceptors (Lipinski definition) is 2. The molecule has 3 N–H and O–H groups in total. The fraction of sp³-hybridized carbons (Fsp3) is 0.235. The third kappa shape index (κ3) is 3.60. The van der Waals surface area contributed by atoms with E-state index in [-0.39, 0.29) is 5.91 Å². The van der Waals surface area contributed by atoms with E-state index in [1.807, 2.05) is 36.4 Å². The maximum atomic E-state index is 11.9. The Kier molecular flexibility index (Phi) is 4.41. The van der Waals surface area contributed by atoms with E-state index in [2.05, 4.69) is 25.2 Å². The topological polar surface area (TPSA) is 55.1 Å². The predicted molar refractivity (Wildman–Crippen MR) is 82.3 cm³/mol. The van der Waals surface area contributed by atoms with Crippen molar-refractivity contribution in [1.29, 1.82) is 0 Å². The molecule has 0 heterocycles. The van der Waals surface area contributed by atoms with Gasteiger partial charge in [-0.25, -0.2) is 0 Å². The van der Waals surface area contributed by atoms with Gasteiger partial charge >= 0.3 is 0 Å². The van der Waals surface area contributed by atoms with E-state index >= 15 is 0 Å². The molecular formula is C17H20N2O. The van der Waals surface area contributed by atoms with Gasteiger partial charge in [0, 0.05) is 12.2 Å². The molecule has 2 rings (SSSR count). The van der Waals surface area contributed by atoms with Crippen LogP contribution in [-0.4, -0.2) is 5.91 Å². The minimum atomic E-state index is 0.0107. The van der Waals surface area contributed by atoms with Crippen molar-refractivity contribution in [2.45, 2.75) is 26.8 Å². The summed E-state index contributed by atoms with van der Waals surface area (Å²) in [6.07, 6.45) is 0.397. The summed E-state index contributed by atoms with van der Waals surface area (Å²) in [4.78, 5) is 11.9. The lowest BCUT2D eigenvalue weighted by Crippen LogP contribution is -2.25. The summed E-state index contributed by atoms with van der Waals surface area (Å²) in [5.41, 5.74) is 11.0. The highest BCUT2D eigenvalue weighted by Crippen LogP contribution is 2.11. The molecule has 0 aromatic heterocycles. The van der Waals surface area contributed by atoms with Crippen LogP contribution in [0.5, 0.6) is 0 Å². The van der Waals surface area contributed by atoms with Crippen molar-refractivity contribution in [3.05, 3.63) is 64.7 Å². The lowest BCUT2D eigenvalue weighted by molar-refractivity contribution is -0.120. The van der Waals surface area contributed by atoms with E-state index in [0.717, 1.165) is 11.1 Å². The number of para-hydroxylation sites is 1. The minimum absolute atomic E-state index is 0.0107. The first-order chi connectivity index (χ1) is 9.56. The molecule has 0 atom stereocenters. The van der Waals surface area contributed by atoms with Gasteiger partial charge in [0.15, 0.2) is 0 Å². The normalized spacial score (nSPS) is 10.3.